The molecule has 2 aliphatic heterocycles. The fourth-order valence-corrected chi connectivity index (χ4v) is 4.17. The van der Waals surface area contributed by atoms with E-state index in [4.69, 9.17) is 17.5 Å². The number of fused-ring (bicyclic) bond motifs is 2. The molecular weight excluding hydrogens is 431 g/mol. The molecule has 1 aromatic heterocycles. The standard InChI is InChI=1S/C20H14F3N5O2S/c1-25-17(29)11-3-2-10-5-16-18(30)28(19(31)27(16)9-12(10)4-11)13-6-14(20(21,22)23)15(7-24)26-8-13/h2-4,6,8,16H,5,9H2,1H3,(H,25,29). The summed E-state index contributed by atoms with van der Waals surface area (Å²) >= 11 is 5.41. The average Bonchev–Trinajstić information content (AvgIpc) is 2.99. The maximum atomic E-state index is 13.3. The number of thiocarbonyl (C=S) groups is 1. The van der Waals surface area contributed by atoms with Crippen molar-refractivity contribution < 1.29 is 22.8 Å². The molecule has 1 fully saturated rings. The Morgan fingerprint density at radius 2 is 2.06 bits per heavy atom. The third kappa shape index (κ3) is 3.38. The molecule has 7 nitrogen and oxygen atoms in total. The fraction of sp³-hybridized carbons (Fsp3) is 0.250. The molecule has 4 rings (SSSR count). The average molecular weight is 445 g/mol. The molecule has 0 saturated carbocycles. The second kappa shape index (κ2) is 7.31. The van der Waals surface area contributed by atoms with Crippen LogP contribution in [0.15, 0.2) is 30.5 Å². The number of rotatable bonds is 2. The molecule has 3 heterocycles. The molecule has 1 saturated heterocycles. The van der Waals surface area contributed by atoms with Crippen LogP contribution in [0.4, 0.5) is 18.9 Å². The van der Waals surface area contributed by atoms with Crippen molar-refractivity contribution in [1.82, 2.24) is 15.2 Å². The summed E-state index contributed by atoms with van der Waals surface area (Å²) in [6.45, 7) is 0.238. The van der Waals surface area contributed by atoms with Crippen molar-refractivity contribution in [2.45, 2.75) is 25.2 Å². The van der Waals surface area contributed by atoms with Crippen LogP contribution in [-0.2, 0) is 23.9 Å². The molecule has 1 unspecified atom stereocenters. The lowest BCUT2D eigenvalue weighted by atomic mass is 9.93. The van der Waals surface area contributed by atoms with Gasteiger partial charge in [-0.05, 0) is 41.5 Å². The van der Waals surface area contributed by atoms with E-state index >= 15 is 0 Å². The van der Waals surface area contributed by atoms with Crippen LogP contribution in [0.25, 0.3) is 0 Å². The lowest BCUT2D eigenvalue weighted by Gasteiger charge is -2.30. The van der Waals surface area contributed by atoms with E-state index in [1.807, 2.05) is 0 Å². The van der Waals surface area contributed by atoms with Gasteiger partial charge in [0, 0.05) is 25.6 Å². The number of alkyl halides is 3. The molecule has 11 heteroatoms. The second-order valence-corrected chi connectivity index (χ2v) is 7.43. The summed E-state index contributed by atoms with van der Waals surface area (Å²) in [5.41, 5.74) is -0.0267. The van der Waals surface area contributed by atoms with Crippen LogP contribution in [0.5, 0.6) is 0 Å². The van der Waals surface area contributed by atoms with Crippen molar-refractivity contribution in [2.24, 2.45) is 0 Å². The number of nitrogens with zero attached hydrogens (tertiary/aromatic N) is 4. The maximum Gasteiger partial charge on any atom is 0.419 e. The van der Waals surface area contributed by atoms with Crippen LogP contribution in [0, 0.1) is 11.3 Å². The second-order valence-electron chi connectivity index (χ2n) is 7.07. The van der Waals surface area contributed by atoms with Crippen molar-refractivity contribution in [3.05, 3.63) is 58.4 Å². The van der Waals surface area contributed by atoms with Crippen molar-refractivity contribution in [3.63, 3.8) is 0 Å². The Kier molecular flexibility index (Phi) is 4.89. The van der Waals surface area contributed by atoms with Crippen LogP contribution in [-0.4, -0.2) is 39.9 Å². The zero-order valence-electron chi connectivity index (χ0n) is 16.0. The Hall–Kier alpha value is -3.52. The largest absolute Gasteiger partial charge is 0.419 e. The van der Waals surface area contributed by atoms with Crippen molar-refractivity contribution >= 4 is 34.8 Å². The number of benzene rings is 1. The molecule has 1 N–H and O–H groups in total. The Bertz CT molecular complexity index is 1170. The highest BCUT2D eigenvalue weighted by Gasteiger charge is 2.46. The first-order chi connectivity index (χ1) is 14.7. The van der Waals surface area contributed by atoms with E-state index < -0.39 is 29.4 Å². The Morgan fingerprint density at radius 1 is 1.32 bits per heavy atom. The molecule has 1 aromatic carbocycles. The Balaban J connectivity index is 1.70. The van der Waals surface area contributed by atoms with E-state index in [0.29, 0.717) is 18.1 Å². The Labute approximate surface area is 180 Å². The number of aromatic nitrogens is 1. The van der Waals surface area contributed by atoms with E-state index in [0.717, 1.165) is 22.2 Å². The predicted octanol–water partition coefficient (Wildman–Crippen LogP) is 2.39. The first kappa shape index (κ1) is 20.7. The summed E-state index contributed by atoms with van der Waals surface area (Å²) in [7, 11) is 1.52. The highest BCUT2D eigenvalue weighted by Crippen LogP contribution is 2.37. The van der Waals surface area contributed by atoms with Gasteiger partial charge >= 0.3 is 6.18 Å². The molecule has 1 atom stereocenters. The van der Waals surface area contributed by atoms with Gasteiger partial charge in [0.15, 0.2) is 10.8 Å². The van der Waals surface area contributed by atoms with E-state index in [-0.39, 0.29) is 23.3 Å². The highest BCUT2D eigenvalue weighted by molar-refractivity contribution is 7.80. The molecule has 2 amide bonds. The highest BCUT2D eigenvalue weighted by atomic mass is 32.1. The predicted molar refractivity (Wildman–Crippen MR) is 107 cm³/mol. The van der Waals surface area contributed by atoms with Crippen LogP contribution in [0.1, 0.15) is 32.7 Å². The topological polar surface area (TPSA) is 89.3 Å². The minimum Gasteiger partial charge on any atom is -0.355 e. The summed E-state index contributed by atoms with van der Waals surface area (Å²) in [5.74, 6) is -0.722. The number of nitrogens with one attached hydrogen (secondary N) is 1. The first-order valence-corrected chi connectivity index (χ1v) is 9.52. The van der Waals surface area contributed by atoms with Gasteiger partial charge in [0.1, 0.15) is 12.1 Å². The number of anilines is 1. The lowest BCUT2D eigenvalue weighted by Crippen LogP contribution is -2.40. The maximum absolute atomic E-state index is 13.3. The minimum absolute atomic E-state index is 0.0469. The van der Waals surface area contributed by atoms with E-state index in [2.05, 4.69) is 10.3 Å². The van der Waals surface area contributed by atoms with Gasteiger partial charge in [-0.3, -0.25) is 14.5 Å². The number of pyridine rings is 1. The SMILES string of the molecule is CNC(=O)c1ccc2c(c1)CN1C(=S)N(c3cnc(C#N)c(C(F)(F)F)c3)C(=O)C1C2. The summed E-state index contributed by atoms with van der Waals surface area (Å²) in [6, 6.07) is 6.59. The number of halogens is 3. The zero-order valence-corrected chi connectivity index (χ0v) is 16.8. The number of hydrogen-bond donors (Lipinski definition) is 1. The summed E-state index contributed by atoms with van der Waals surface area (Å²) in [6.07, 6.45) is -3.47. The minimum atomic E-state index is -4.81. The van der Waals surface area contributed by atoms with Gasteiger partial charge in [-0.2, -0.15) is 18.4 Å². The van der Waals surface area contributed by atoms with Gasteiger partial charge < -0.3 is 10.2 Å². The molecule has 0 bridgehead atoms. The fourth-order valence-electron chi connectivity index (χ4n) is 3.78. The quantitative estimate of drug-likeness (QED) is 0.715. The molecular formula is C20H14F3N5O2S. The van der Waals surface area contributed by atoms with Crippen LogP contribution < -0.4 is 10.2 Å². The van der Waals surface area contributed by atoms with Crippen molar-refractivity contribution in [3.8, 4) is 6.07 Å². The van der Waals surface area contributed by atoms with Crippen molar-refractivity contribution in [2.75, 3.05) is 11.9 Å². The van der Waals surface area contributed by atoms with Gasteiger partial charge in [0.2, 0.25) is 0 Å². The van der Waals surface area contributed by atoms with E-state index in [1.54, 1.807) is 23.1 Å². The first-order valence-electron chi connectivity index (χ1n) is 9.11. The summed E-state index contributed by atoms with van der Waals surface area (Å²) < 4.78 is 40.0. The zero-order chi connectivity index (χ0) is 22.5. The number of amides is 2. The molecule has 2 aromatic rings. The van der Waals surface area contributed by atoms with E-state index in [1.165, 1.54) is 13.1 Å². The molecule has 158 valence electrons. The summed E-state index contributed by atoms with van der Waals surface area (Å²) in [5, 5.41) is 11.5. The number of nitriles is 1. The van der Waals surface area contributed by atoms with Gasteiger partial charge in [0.25, 0.3) is 11.8 Å². The third-order valence-electron chi connectivity index (χ3n) is 5.31. The molecule has 0 aliphatic carbocycles. The molecule has 31 heavy (non-hydrogen) atoms. The molecule has 0 spiro atoms. The lowest BCUT2D eigenvalue weighted by molar-refractivity contribution is -0.138. The van der Waals surface area contributed by atoms with Crippen LogP contribution in [0.3, 0.4) is 0 Å². The number of hydrogen-bond acceptors (Lipinski definition) is 5. The number of carbonyl (C=O) groups is 2. The summed E-state index contributed by atoms with van der Waals surface area (Å²) in [4.78, 5) is 31.2. The normalized spacial score (nSPS) is 17.8. The molecule has 0 radical (unpaired) electrons. The van der Waals surface area contributed by atoms with Crippen molar-refractivity contribution in [1.29, 1.82) is 5.26 Å². The van der Waals surface area contributed by atoms with Crippen LogP contribution in [0.2, 0.25) is 0 Å². The third-order valence-corrected chi connectivity index (χ3v) is 5.73. The van der Waals surface area contributed by atoms with Gasteiger partial charge in [0.05, 0.1) is 17.4 Å². The van der Waals surface area contributed by atoms with Gasteiger partial charge in [-0.25, -0.2) is 4.98 Å². The number of carbonyl (C=O) groups excluding carboxylic acids is 2. The van der Waals surface area contributed by atoms with E-state index in [9.17, 15) is 22.8 Å². The Morgan fingerprint density at radius 3 is 2.71 bits per heavy atom. The van der Waals surface area contributed by atoms with Gasteiger partial charge in [-0.1, -0.05) is 6.07 Å². The monoisotopic (exact) mass is 445 g/mol. The smallest absolute Gasteiger partial charge is 0.355 e. The molecule has 2 aliphatic rings. The van der Waals surface area contributed by atoms with Gasteiger partial charge in [-0.15, -0.1) is 0 Å². The van der Waals surface area contributed by atoms with Crippen LogP contribution >= 0.6 is 12.2 Å².